The van der Waals surface area contributed by atoms with E-state index < -0.39 is 0 Å². The summed E-state index contributed by atoms with van der Waals surface area (Å²) in [4.78, 5) is 4.03. The highest BCUT2D eigenvalue weighted by atomic mass is 35.5. The molecule has 2 aromatic rings. The van der Waals surface area contributed by atoms with Crippen molar-refractivity contribution < 1.29 is 14.4 Å². The summed E-state index contributed by atoms with van der Waals surface area (Å²) in [5.41, 5.74) is 3.58. The minimum atomic E-state index is 0.332. The Kier molecular flexibility index (Phi) is 4.60. The van der Waals surface area contributed by atoms with Crippen molar-refractivity contribution in [1.82, 2.24) is 0 Å². The maximum absolute atomic E-state index is 6.27. The van der Waals surface area contributed by atoms with E-state index in [4.69, 9.17) is 21.1 Å². The Hall–Kier alpha value is -1.75. The van der Waals surface area contributed by atoms with Gasteiger partial charge in [0, 0.05) is 16.3 Å². The quantitative estimate of drug-likeness (QED) is 0.922. The van der Waals surface area contributed by atoms with Gasteiger partial charge >= 0.3 is 0 Å². The molecule has 1 N–H and O–H groups in total. The van der Waals surface area contributed by atoms with Crippen LogP contribution in [0.2, 0.25) is 5.02 Å². The van der Waals surface area contributed by atoms with Gasteiger partial charge in [0.15, 0.2) is 6.79 Å². The first-order chi connectivity index (χ1) is 11.8. The molecule has 2 aliphatic rings. The fraction of sp³-hybridized carbons (Fsp3) is 0.368. The van der Waals surface area contributed by atoms with Crippen LogP contribution in [0.15, 0.2) is 42.5 Å². The molecule has 0 saturated carbocycles. The van der Waals surface area contributed by atoms with Crippen molar-refractivity contribution in [3.05, 3.63) is 58.6 Å². The molecule has 2 aliphatic heterocycles. The Labute approximate surface area is 147 Å². The monoisotopic (exact) mass is 345 g/mol. The minimum absolute atomic E-state index is 0.332. The fourth-order valence-electron chi connectivity index (χ4n) is 3.55. The highest BCUT2D eigenvalue weighted by molar-refractivity contribution is 6.30. The second-order valence-electron chi connectivity index (χ2n) is 6.41. The highest BCUT2D eigenvalue weighted by Gasteiger charge is 2.24. The lowest BCUT2D eigenvalue weighted by molar-refractivity contribution is -0.914. The van der Waals surface area contributed by atoms with Crippen LogP contribution >= 0.6 is 11.6 Å². The second-order valence-corrected chi connectivity index (χ2v) is 6.85. The molecule has 0 unspecified atom stereocenters. The first-order valence-electron chi connectivity index (χ1n) is 8.45. The molecule has 4 rings (SSSR count). The van der Waals surface area contributed by atoms with Crippen molar-refractivity contribution >= 4 is 17.3 Å². The fourth-order valence-corrected chi connectivity index (χ4v) is 3.82. The van der Waals surface area contributed by atoms with E-state index in [0.29, 0.717) is 13.4 Å². The van der Waals surface area contributed by atoms with Crippen molar-refractivity contribution in [3.63, 3.8) is 0 Å². The van der Waals surface area contributed by atoms with Gasteiger partial charge in [-0.25, -0.2) is 0 Å². The first kappa shape index (κ1) is 15.8. The molecule has 1 saturated heterocycles. The molecule has 0 aliphatic carbocycles. The number of ether oxygens (including phenoxy) is 2. The van der Waals surface area contributed by atoms with Gasteiger partial charge in [-0.2, -0.15) is 0 Å². The summed E-state index contributed by atoms with van der Waals surface area (Å²) >= 11 is 6.27. The number of nitrogens with one attached hydrogen (secondary N) is 1. The summed E-state index contributed by atoms with van der Waals surface area (Å²) in [7, 11) is 0. The van der Waals surface area contributed by atoms with Crippen LogP contribution in [0.3, 0.4) is 0 Å². The maximum atomic E-state index is 6.27. The first-order valence-corrected chi connectivity index (χ1v) is 8.83. The molecule has 2 aromatic carbocycles. The molecule has 2 heterocycles. The average molecular weight is 346 g/mol. The van der Waals surface area contributed by atoms with Crippen molar-refractivity contribution in [2.45, 2.75) is 13.2 Å². The molecule has 4 nitrogen and oxygen atoms in total. The van der Waals surface area contributed by atoms with Crippen LogP contribution in [0.4, 0.5) is 5.69 Å². The van der Waals surface area contributed by atoms with Gasteiger partial charge in [-0.05, 0) is 24.3 Å². The predicted octanol–water partition coefficient (Wildman–Crippen LogP) is 2.11. The molecule has 0 bridgehead atoms. The zero-order chi connectivity index (χ0) is 16.4. The molecular weight excluding hydrogens is 324 g/mol. The van der Waals surface area contributed by atoms with Crippen LogP contribution in [-0.4, -0.2) is 33.0 Å². The van der Waals surface area contributed by atoms with Crippen LogP contribution in [0.25, 0.3) is 0 Å². The van der Waals surface area contributed by atoms with Gasteiger partial charge in [0.05, 0.1) is 38.3 Å². The van der Waals surface area contributed by atoms with Crippen molar-refractivity contribution in [2.24, 2.45) is 0 Å². The van der Waals surface area contributed by atoms with E-state index in [1.807, 2.05) is 12.1 Å². The molecule has 0 atom stereocenters. The molecule has 0 radical (unpaired) electrons. The van der Waals surface area contributed by atoms with E-state index in [1.165, 1.54) is 11.3 Å². The van der Waals surface area contributed by atoms with E-state index in [1.54, 1.807) is 4.90 Å². The highest BCUT2D eigenvalue weighted by Crippen LogP contribution is 2.31. The lowest BCUT2D eigenvalue weighted by atomic mass is 10.1. The van der Waals surface area contributed by atoms with E-state index >= 15 is 0 Å². The third-order valence-corrected chi connectivity index (χ3v) is 5.00. The van der Waals surface area contributed by atoms with Crippen LogP contribution in [0.1, 0.15) is 11.1 Å². The van der Waals surface area contributed by atoms with Gasteiger partial charge in [-0.3, -0.25) is 0 Å². The molecule has 0 spiro atoms. The Bertz CT molecular complexity index is 700. The zero-order valence-electron chi connectivity index (χ0n) is 13.6. The Morgan fingerprint density at radius 1 is 1.08 bits per heavy atom. The number of fused-ring (bicyclic) bond motifs is 1. The summed E-state index contributed by atoms with van der Waals surface area (Å²) < 4.78 is 11.1. The SMILES string of the molecule is Clc1cc2c(c(C[NH+]3CCN(c4ccccc4)CC3)c1)OCOC2. The van der Waals surface area contributed by atoms with Crippen molar-refractivity contribution in [2.75, 3.05) is 37.9 Å². The van der Waals surface area contributed by atoms with E-state index in [0.717, 1.165) is 49.1 Å². The van der Waals surface area contributed by atoms with Crippen LogP contribution in [0.5, 0.6) is 5.75 Å². The average Bonchev–Trinajstić information content (AvgIpc) is 2.63. The van der Waals surface area contributed by atoms with Gasteiger partial charge in [0.2, 0.25) is 0 Å². The van der Waals surface area contributed by atoms with Gasteiger partial charge in [-0.15, -0.1) is 0 Å². The largest absolute Gasteiger partial charge is 0.467 e. The molecule has 0 aromatic heterocycles. The number of halogens is 1. The smallest absolute Gasteiger partial charge is 0.189 e. The Morgan fingerprint density at radius 3 is 2.67 bits per heavy atom. The second kappa shape index (κ2) is 7.01. The third-order valence-electron chi connectivity index (χ3n) is 4.78. The molecule has 24 heavy (non-hydrogen) atoms. The molecule has 5 heteroatoms. The molecular formula is C19H22ClN2O2+. The molecule has 0 amide bonds. The number of benzene rings is 2. The summed E-state index contributed by atoms with van der Waals surface area (Å²) in [5, 5.41) is 0.764. The van der Waals surface area contributed by atoms with Gasteiger partial charge in [0.25, 0.3) is 0 Å². The van der Waals surface area contributed by atoms with Gasteiger partial charge in [0.1, 0.15) is 12.3 Å². The van der Waals surface area contributed by atoms with E-state index in [2.05, 4.69) is 35.2 Å². The maximum Gasteiger partial charge on any atom is 0.189 e. The van der Waals surface area contributed by atoms with Crippen LogP contribution < -0.4 is 14.5 Å². The van der Waals surface area contributed by atoms with Crippen LogP contribution in [-0.2, 0) is 17.9 Å². The summed E-state index contributed by atoms with van der Waals surface area (Å²) in [5.74, 6) is 0.976. The minimum Gasteiger partial charge on any atom is -0.467 e. The lowest BCUT2D eigenvalue weighted by Gasteiger charge is -2.34. The number of piperazine rings is 1. The Balaban J connectivity index is 1.43. The molecule has 1 fully saturated rings. The number of nitrogens with zero attached hydrogens (tertiary/aromatic N) is 1. The number of para-hydroxylation sites is 1. The normalized spacial score (nSPS) is 18.1. The third kappa shape index (κ3) is 3.36. The number of hydrogen-bond acceptors (Lipinski definition) is 3. The van der Waals surface area contributed by atoms with Crippen molar-refractivity contribution in [1.29, 1.82) is 0 Å². The van der Waals surface area contributed by atoms with E-state index in [-0.39, 0.29) is 0 Å². The number of rotatable bonds is 3. The summed E-state index contributed by atoms with van der Waals surface area (Å²) in [6.45, 7) is 6.25. The zero-order valence-corrected chi connectivity index (χ0v) is 14.4. The van der Waals surface area contributed by atoms with Crippen LogP contribution in [0, 0.1) is 0 Å². The van der Waals surface area contributed by atoms with E-state index in [9.17, 15) is 0 Å². The number of anilines is 1. The van der Waals surface area contributed by atoms with Gasteiger partial charge < -0.3 is 19.3 Å². The Morgan fingerprint density at radius 2 is 1.88 bits per heavy atom. The lowest BCUT2D eigenvalue weighted by Crippen LogP contribution is -3.13. The van der Waals surface area contributed by atoms with Gasteiger partial charge in [-0.1, -0.05) is 29.8 Å². The van der Waals surface area contributed by atoms with Crippen molar-refractivity contribution in [3.8, 4) is 5.75 Å². The topological polar surface area (TPSA) is 26.1 Å². The number of quaternary nitrogens is 1. The summed E-state index contributed by atoms with van der Waals surface area (Å²) in [6.07, 6.45) is 0. The number of hydrogen-bond donors (Lipinski definition) is 1. The molecule has 126 valence electrons. The predicted molar refractivity (Wildman–Crippen MR) is 94.8 cm³/mol. The standard InChI is InChI=1S/C19H21ClN2O2/c20-17-10-15(19-16(11-17)13-23-14-24-19)12-21-6-8-22(9-7-21)18-4-2-1-3-5-18/h1-5,10-11H,6-9,12-14H2/p+1. The summed E-state index contributed by atoms with van der Waals surface area (Å²) in [6, 6.07) is 14.6.